The molecule has 0 aliphatic carbocycles. The zero-order valence-corrected chi connectivity index (χ0v) is 19.5. The Kier molecular flexibility index (Phi) is 7.88. The van der Waals surface area contributed by atoms with Crippen molar-refractivity contribution in [1.82, 2.24) is 20.1 Å². The number of hydrogen-bond donors (Lipinski definition) is 2. The van der Waals surface area contributed by atoms with Gasteiger partial charge < -0.3 is 19.9 Å². The van der Waals surface area contributed by atoms with Gasteiger partial charge in [0.15, 0.2) is 11.0 Å². The highest BCUT2D eigenvalue weighted by Gasteiger charge is 2.15. The lowest BCUT2D eigenvalue weighted by Gasteiger charge is -2.11. The van der Waals surface area contributed by atoms with Gasteiger partial charge >= 0.3 is 0 Å². The molecule has 0 unspecified atom stereocenters. The quantitative estimate of drug-likeness (QED) is 0.481. The van der Waals surface area contributed by atoms with E-state index in [-0.39, 0.29) is 24.1 Å². The van der Waals surface area contributed by atoms with Crippen LogP contribution in [-0.2, 0) is 17.9 Å². The zero-order valence-electron chi connectivity index (χ0n) is 18.6. The Hall–Kier alpha value is -3.33. The molecule has 168 valence electrons. The van der Waals surface area contributed by atoms with Gasteiger partial charge in [-0.25, -0.2) is 0 Å². The topological polar surface area (TPSA) is 98.1 Å². The molecule has 0 saturated heterocycles. The second kappa shape index (κ2) is 10.8. The molecule has 32 heavy (non-hydrogen) atoms. The minimum Gasteiger partial charge on any atom is -0.495 e. The molecule has 8 nitrogen and oxygen atoms in total. The molecule has 0 bridgehead atoms. The van der Waals surface area contributed by atoms with Gasteiger partial charge in [0.1, 0.15) is 5.75 Å². The van der Waals surface area contributed by atoms with Gasteiger partial charge in [-0.05, 0) is 50.6 Å². The number of anilines is 1. The first-order valence-electron chi connectivity index (χ1n) is 10.3. The average Bonchev–Trinajstić information content (AvgIpc) is 3.18. The van der Waals surface area contributed by atoms with E-state index >= 15 is 0 Å². The van der Waals surface area contributed by atoms with E-state index in [1.807, 2.05) is 55.7 Å². The molecule has 2 amide bonds. The summed E-state index contributed by atoms with van der Waals surface area (Å²) in [7, 11) is 1.57. The number of benzene rings is 2. The molecular weight excluding hydrogens is 426 g/mol. The van der Waals surface area contributed by atoms with E-state index in [0.717, 1.165) is 11.1 Å². The van der Waals surface area contributed by atoms with Gasteiger partial charge in [0.2, 0.25) is 5.91 Å². The largest absolute Gasteiger partial charge is 0.495 e. The number of ether oxygens (including phenoxy) is 1. The molecule has 0 aliphatic rings. The smallest absolute Gasteiger partial charge is 0.251 e. The van der Waals surface area contributed by atoms with Crippen molar-refractivity contribution < 1.29 is 14.3 Å². The van der Waals surface area contributed by atoms with Gasteiger partial charge in [-0.1, -0.05) is 35.5 Å². The molecule has 3 rings (SSSR count). The number of carbonyl (C=O) groups excluding carboxylic acids is 2. The average molecular weight is 454 g/mol. The van der Waals surface area contributed by atoms with Gasteiger partial charge in [0.05, 0.1) is 25.1 Å². The maximum absolute atomic E-state index is 12.5. The van der Waals surface area contributed by atoms with Gasteiger partial charge in [-0.2, -0.15) is 0 Å². The van der Waals surface area contributed by atoms with E-state index < -0.39 is 0 Å². The van der Waals surface area contributed by atoms with Crippen LogP contribution in [0.15, 0.2) is 47.6 Å². The van der Waals surface area contributed by atoms with Crippen molar-refractivity contribution in [2.24, 2.45) is 0 Å². The predicted molar refractivity (Wildman–Crippen MR) is 125 cm³/mol. The fourth-order valence-corrected chi connectivity index (χ4v) is 3.90. The van der Waals surface area contributed by atoms with Gasteiger partial charge in [0.25, 0.3) is 5.91 Å². The van der Waals surface area contributed by atoms with Crippen LogP contribution in [0.25, 0.3) is 0 Å². The Morgan fingerprint density at radius 1 is 1.06 bits per heavy atom. The molecule has 2 N–H and O–H groups in total. The second-order valence-electron chi connectivity index (χ2n) is 7.23. The van der Waals surface area contributed by atoms with E-state index in [9.17, 15) is 9.59 Å². The highest BCUT2D eigenvalue weighted by Crippen LogP contribution is 2.26. The van der Waals surface area contributed by atoms with Crippen LogP contribution in [-0.4, -0.2) is 39.4 Å². The van der Waals surface area contributed by atoms with Crippen LogP contribution >= 0.6 is 11.8 Å². The SMILES string of the molecule is CCn1c(CNC(=O)c2ccc(C)cc2)nnc1SCC(=O)Nc1cc(C)ccc1OC. The summed E-state index contributed by atoms with van der Waals surface area (Å²) in [5.74, 6) is 1.08. The molecule has 2 aromatic carbocycles. The monoisotopic (exact) mass is 453 g/mol. The predicted octanol–water partition coefficient (Wildman–Crippen LogP) is 3.58. The maximum atomic E-state index is 12.5. The molecule has 0 atom stereocenters. The van der Waals surface area contributed by atoms with E-state index in [2.05, 4.69) is 20.8 Å². The number of aryl methyl sites for hydroxylation is 2. The lowest BCUT2D eigenvalue weighted by atomic mass is 10.1. The molecule has 1 heterocycles. The fraction of sp³-hybridized carbons (Fsp3) is 0.304. The van der Waals surface area contributed by atoms with Crippen molar-refractivity contribution >= 4 is 29.3 Å². The molecule has 9 heteroatoms. The van der Waals surface area contributed by atoms with E-state index in [1.54, 1.807) is 19.2 Å². The van der Waals surface area contributed by atoms with Crippen LogP contribution in [0.4, 0.5) is 5.69 Å². The molecule has 0 radical (unpaired) electrons. The lowest BCUT2D eigenvalue weighted by molar-refractivity contribution is -0.113. The summed E-state index contributed by atoms with van der Waals surface area (Å²) in [6, 6.07) is 13.0. The van der Waals surface area contributed by atoms with Crippen LogP contribution in [0.2, 0.25) is 0 Å². The summed E-state index contributed by atoms with van der Waals surface area (Å²) in [4.78, 5) is 24.8. The number of nitrogens with zero attached hydrogens (tertiary/aromatic N) is 3. The molecule has 0 aliphatic heterocycles. The first-order chi connectivity index (χ1) is 15.4. The van der Waals surface area contributed by atoms with Crippen molar-refractivity contribution in [1.29, 1.82) is 0 Å². The third-order valence-corrected chi connectivity index (χ3v) is 5.76. The summed E-state index contributed by atoms with van der Waals surface area (Å²) in [5.41, 5.74) is 3.35. The van der Waals surface area contributed by atoms with Gasteiger partial charge in [0, 0.05) is 12.1 Å². The van der Waals surface area contributed by atoms with Crippen LogP contribution in [0.5, 0.6) is 5.75 Å². The number of thioether (sulfide) groups is 1. The van der Waals surface area contributed by atoms with Gasteiger partial charge in [-0.15, -0.1) is 10.2 Å². The Morgan fingerprint density at radius 2 is 1.78 bits per heavy atom. The van der Waals surface area contributed by atoms with E-state index in [0.29, 0.717) is 34.5 Å². The Balaban J connectivity index is 1.58. The highest BCUT2D eigenvalue weighted by molar-refractivity contribution is 7.99. The second-order valence-corrected chi connectivity index (χ2v) is 8.17. The number of hydrogen-bond acceptors (Lipinski definition) is 6. The van der Waals surface area contributed by atoms with Crippen LogP contribution in [0.3, 0.4) is 0 Å². The van der Waals surface area contributed by atoms with Crippen molar-refractivity contribution in [3.8, 4) is 5.75 Å². The summed E-state index contributed by atoms with van der Waals surface area (Å²) < 4.78 is 7.19. The molecule has 0 saturated carbocycles. The molecule has 0 spiro atoms. The van der Waals surface area contributed by atoms with Crippen molar-refractivity contribution in [3.63, 3.8) is 0 Å². The third-order valence-electron chi connectivity index (χ3n) is 4.79. The Morgan fingerprint density at radius 3 is 2.47 bits per heavy atom. The first-order valence-corrected chi connectivity index (χ1v) is 11.2. The molecule has 0 fully saturated rings. The lowest BCUT2D eigenvalue weighted by Crippen LogP contribution is -2.24. The minimum atomic E-state index is -0.170. The summed E-state index contributed by atoms with van der Waals surface area (Å²) >= 11 is 1.29. The van der Waals surface area contributed by atoms with Crippen molar-refractivity contribution in [2.45, 2.75) is 39.0 Å². The zero-order chi connectivity index (χ0) is 23.1. The number of amides is 2. The maximum Gasteiger partial charge on any atom is 0.251 e. The van der Waals surface area contributed by atoms with Gasteiger partial charge in [-0.3, -0.25) is 9.59 Å². The van der Waals surface area contributed by atoms with E-state index in [1.165, 1.54) is 11.8 Å². The normalized spacial score (nSPS) is 10.6. The number of rotatable bonds is 9. The van der Waals surface area contributed by atoms with E-state index in [4.69, 9.17) is 4.74 Å². The number of carbonyl (C=O) groups is 2. The Bertz CT molecular complexity index is 1100. The van der Waals surface area contributed by atoms with Crippen LogP contribution < -0.4 is 15.4 Å². The Labute approximate surface area is 191 Å². The van der Waals surface area contributed by atoms with Crippen LogP contribution in [0.1, 0.15) is 34.2 Å². The highest BCUT2D eigenvalue weighted by atomic mass is 32.2. The number of aromatic nitrogens is 3. The van der Waals surface area contributed by atoms with Crippen LogP contribution in [0, 0.1) is 13.8 Å². The standard InChI is InChI=1S/C23H27N5O3S/c1-5-28-20(13-24-22(30)17-9-6-15(2)7-10-17)26-27-23(28)32-14-21(29)25-18-12-16(3)8-11-19(18)31-4/h6-12H,5,13-14H2,1-4H3,(H,24,30)(H,25,29). The summed E-state index contributed by atoms with van der Waals surface area (Å²) in [6.45, 7) is 6.77. The molecule has 3 aromatic rings. The number of nitrogens with one attached hydrogen (secondary N) is 2. The summed E-state index contributed by atoms with van der Waals surface area (Å²) in [6.07, 6.45) is 0. The first kappa shape index (κ1) is 23.3. The van der Waals surface area contributed by atoms with Crippen molar-refractivity contribution in [3.05, 3.63) is 65.0 Å². The summed E-state index contributed by atoms with van der Waals surface area (Å²) in [5, 5.41) is 14.8. The molecular formula is C23H27N5O3S. The third kappa shape index (κ3) is 5.88. The molecule has 1 aromatic heterocycles. The fourth-order valence-electron chi connectivity index (χ4n) is 3.08. The van der Waals surface area contributed by atoms with Crippen molar-refractivity contribution in [2.75, 3.05) is 18.2 Å². The number of methoxy groups -OCH3 is 1. The minimum absolute atomic E-state index is 0.168.